The zero-order valence-electron chi connectivity index (χ0n) is 8.68. The third-order valence-electron chi connectivity index (χ3n) is 2.29. The monoisotopic (exact) mass is 295 g/mol. The molecular weight excluding hydrogens is 290 g/mol. The van der Waals surface area contributed by atoms with Crippen LogP contribution in [0.4, 0.5) is 23.2 Å². The minimum absolute atomic E-state index is 0.0165. The molecule has 1 aromatic rings. The summed E-state index contributed by atoms with van der Waals surface area (Å²) in [6.45, 7) is 0. The first-order chi connectivity index (χ1) is 8.43. The van der Waals surface area contributed by atoms with Gasteiger partial charge in [-0.05, 0) is 0 Å². The first kappa shape index (κ1) is 13.3. The molecule has 0 unspecified atom stereocenters. The third kappa shape index (κ3) is 2.10. The average Bonchev–Trinajstić information content (AvgIpc) is 2.30. The van der Waals surface area contributed by atoms with Crippen molar-refractivity contribution in [3.8, 4) is 0 Å². The van der Waals surface area contributed by atoms with Gasteiger partial charge in [-0.25, -0.2) is 17.6 Å². The van der Waals surface area contributed by atoms with Gasteiger partial charge in [0.2, 0.25) is 5.91 Å². The normalized spacial score (nSPS) is 16.3. The van der Waals surface area contributed by atoms with Crippen LogP contribution in [-0.4, -0.2) is 16.0 Å². The number of thioether (sulfide) groups is 1. The van der Waals surface area contributed by atoms with Gasteiger partial charge in [-0.15, -0.1) is 0 Å². The molecule has 1 aromatic carbocycles. The number of carbonyl (C=O) groups excluding carboxylic acids is 1. The molecule has 0 aliphatic carbocycles. The van der Waals surface area contributed by atoms with Gasteiger partial charge in [0.1, 0.15) is 10.0 Å². The summed E-state index contributed by atoms with van der Waals surface area (Å²) in [6.07, 6.45) is 0.0165. The van der Waals surface area contributed by atoms with Crippen LogP contribution in [0.3, 0.4) is 0 Å². The highest BCUT2D eigenvalue weighted by Crippen LogP contribution is 2.32. The molecule has 1 saturated heterocycles. The number of carbonyl (C=O) groups is 1. The second-order valence-corrected chi connectivity index (χ2v) is 5.14. The fraction of sp³-hybridized carbons (Fsp3) is 0.200. The molecular formula is C10H5F4NOS2. The maximum Gasteiger partial charge on any atom is 0.233 e. The van der Waals surface area contributed by atoms with E-state index in [9.17, 15) is 22.4 Å². The molecule has 0 radical (unpaired) electrons. The molecule has 0 saturated carbocycles. The predicted molar refractivity (Wildman–Crippen MR) is 63.4 cm³/mol. The second kappa shape index (κ2) is 4.85. The van der Waals surface area contributed by atoms with Crippen molar-refractivity contribution < 1.29 is 22.4 Å². The van der Waals surface area contributed by atoms with Crippen molar-refractivity contribution >= 4 is 39.9 Å². The van der Waals surface area contributed by atoms with Gasteiger partial charge in [0, 0.05) is 18.2 Å². The van der Waals surface area contributed by atoms with Crippen LogP contribution in [0.1, 0.15) is 6.42 Å². The number of halogens is 4. The van der Waals surface area contributed by atoms with Crippen molar-refractivity contribution in [2.45, 2.75) is 6.42 Å². The molecule has 0 atom stereocenters. The Kier molecular flexibility index (Phi) is 3.58. The standard InChI is InChI=1S/C10H5F4NOS2/c11-4-3-5(12)9(8(14)7(4)13)15-6(16)1-2-18-10(15)17/h3H,1-2H2. The molecule has 2 nitrogen and oxygen atoms in total. The molecule has 2 rings (SSSR count). The van der Waals surface area contributed by atoms with Gasteiger partial charge in [0.15, 0.2) is 23.3 Å². The summed E-state index contributed by atoms with van der Waals surface area (Å²) in [6, 6.07) is 0.183. The van der Waals surface area contributed by atoms with Gasteiger partial charge in [-0.2, -0.15) is 0 Å². The van der Waals surface area contributed by atoms with Crippen LogP contribution in [-0.2, 0) is 4.79 Å². The number of anilines is 1. The van der Waals surface area contributed by atoms with E-state index in [2.05, 4.69) is 0 Å². The molecule has 0 spiro atoms. The number of benzene rings is 1. The Labute approximate surface area is 109 Å². The van der Waals surface area contributed by atoms with Gasteiger partial charge in [0.05, 0.1) is 0 Å². The minimum atomic E-state index is -1.84. The van der Waals surface area contributed by atoms with Crippen LogP contribution in [0, 0.1) is 23.3 Å². The smallest absolute Gasteiger partial charge is 0.233 e. The van der Waals surface area contributed by atoms with Gasteiger partial charge in [-0.1, -0.05) is 24.0 Å². The maximum atomic E-state index is 13.5. The average molecular weight is 295 g/mol. The van der Waals surface area contributed by atoms with E-state index in [1.807, 2.05) is 0 Å². The first-order valence-corrected chi connectivity index (χ1v) is 6.15. The Bertz CT molecular complexity index is 533. The van der Waals surface area contributed by atoms with Gasteiger partial charge >= 0.3 is 0 Å². The molecule has 8 heteroatoms. The van der Waals surface area contributed by atoms with Crippen molar-refractivity contribution in [2.75, 3.05) is 10.7 Å². The van der Waals surface area contributed by atoms with Gasteiger partial charge < -0.3 is 0 Å². The largest absolute Gasteiger partial charge is 0.274 e. The second-order valence-electron chi connectivity index (χ2n) is 3.41. The zero-order valence-corrected chi connectivity index (χ0v) is 10.3. The van der Waals surface area contributed by atoms with Crippen molar-refractivity contribution in [3.05, 3.63) is 29.3 Å². The number of hydrogen-bond donors (Lipinski definition) is 0. The van der Waals surface area contributed by atoms with E-state index in [1.165, 1.54) is 0 Å². The Hall–Kier alpha value is -1.15. The molecule has 1 heterocycles. The summed E-state index contributed by atoms with van der Waals surface area (Å²) in [4.78, 5) is 12.1. The lowest BCUT2D eigenvalue weighted by atomic mass is 10.2. The molecule has 1 fully saturated rings. The number of nitrogens with zero attached hydrogens (tertiary/aromatic N) is 1. The lowest BCUT2D eigenvalue weighted by Gasteiger charge is -2.27. The predicted octanol–water partition coefficient (Wildman–Crippen LogP) is 3.00. The Balaban J connectivity index is 2.60. The van der Waals surface area contributed by atoms with E-state index in [1.54, 1.807) is 0 Å². The molecule has 1 aliphatic rings. The van der Waals surface area contributed by atoms with Crippen molar-refractivity contribution in [3.63, 3.8) is 0 Å². The molecule has 96 valence electrons. The van der Waals surface area contributed by atoms with Crippen LogP contribution in [0.25, 0.3) is 0 Å². The minimum Gasteiger partial charge on any atom is -0.274 e. The van der Waals surface area contributed by atoms with Crippen LogP contribution in [0.2, 0.25) is 0 Å². The fourth-order valence-corrected chi connectivity index (χ4v) is 2.70. The van der Waals surface area contributed by atoms with Gasteiger partial charge in [-0.3, -0.25) is 9.69 Å². The zero-order chi connectivity index (χ0) is 13.4. The first-order valence-electron chi connectivity index (χ1n) is 4.76. The molecule has 1 aliphatic heterocycles. The van der Waals surface area contributed by atoms with Crippen molar-refractivity contribution in [2.24, 2.45) is 0 Å². The highest BCUT2D eigenvalue weighted by atomic mass is 32.2. The summed E-state index contributed by atoms with van der Waals surface area (Å²) in [5.41, 5.74) is -0.962. The molecule has 0 N–H and O–H groups in total. The third-order valence-corrected chi connectivity index (χ3v) is 3.66. The van der Waals surface area contributed by atoms with E-state index in [0.717, 1.165) is 11.8 Å². The summed E-state index contributed by atoms with van der Waals surface area (Å²) in [5.74, 6) is -6.88. The topological polar surface area (TPSA) is 20.3 Å². The molecule has 18 heavy (non-hydrogen) atoms. The maximum absolute atomic E-state index is 13.5. The van der Waals surface area contributed by atoms with Crippen LogP contribution in [0.5, 0.6) is 0 Å². The van der Waals surface area contributed by atoms with E-state index in [4.69, 9.17) is 12.2 Å². The van der Waals surface area contributed by atoms with E-state index < -0.39 is 34.9 Å². The summed E-state index contributed by atoms with van der Waals surface area (Å²) < 4.78 is 52.8. The molecule has 0 aromatic heterocycles. The lowest BCUT2D eigenvalue weighted by Crippen LogP contribution is -2.39. The van der Waals surface area contributed by atoms with E-state index >= 15 is 0 Å². The highest BCUT2D eigenvalue weighted by Gasteiger charge is 2.32. The molecule has 1 amide bonds. The highest BCUT2D eigenvalue weighted by molar-refractivity contribution is 8.23. The summed E-state index contributed by atoms with van der Waals surface area (Å²) in [7, 11) is 0. The van der Waals surface area contributed by atoms with Gasteiger partial charge in [0.25, 0.3) is 0 Å². The van der Waals surface area contributed by atoms with E-state index in [-0.39, 0.29) is 16.8 Å². The molecule has 0 bridgehead atoms. The quantitative estimate of drug-likeness (QED) is 0.344. The summed E-state index contributed by atoms with van der Waals surface area (Å²) in [5, 5.41) is 0. The fourth-order valence-electron chi connectivity index (χ4n) is 1.48. The lowest BCUT2D eigenvalue weighted by molar-refractivity contribution is -0.117. The van der Waals surface area contributed by atoms with Crippen LogP contribution < -0.4 is 4.90 Å². The Morgan fingerprint density at radius 2 is 1.83 bits per heavy atom. The van der Waals surface area contributed by atoms with Crippen LogP contribution >= 0.6 is 24.0 Å². The van der Waals surface area contributed by atoms with Crippen molar-refractivity contribution in [1.82, 2.24) is 0 Å². The van der Waals surface area contributed by atoms with E-state index in [0.29, 0.717) is 10.7 Å². The van der Waals surface area contributed by atoms with Crippen molar-refractivity contribution in [1.29, 1.82) is 0 Å². The summed E-state index contributed by atoms with van der Waals surface area (Å²) >= 11 is 5.84. The Morgan fingerprint density at radius 1 is 1.17 bits per heavy atom. The number of hydrogen-bond acceptors (Lipinski definition) is 3. The number of thiocarbonyl (C=S) groups is 1. The number of rotatable bonds is 1. The Morgan fingerprint density at radius 3 is 2.44 bits per heavy atom. The van der Waals surface area contributed by atoms with Crippen LogP contribution in [0.15, 0.2) is 6.07 Å². The SMILES string of the molecule is O=C1CCSC(=S)N1c1c(F)cc(F)c(F)c1F. The number of amides is 1.